The maximum absolute atomic E-state index is 13.2. The molecule has 78 valence electrons. The van der Waals surface area contributed by atoms with Crippen molar-refractivity contribution in [1.82, 2.24) is 0 Å². The van der Waals surface area contributed by atoms with Crippen LogP contribution in [-0.4, -0.2) is 18.8 Å². The number of aliphatic hydroxyl groups is 1. The van der Waals surface area contributed by atoms with Crippen molar-refractivity contribution in [1.29, 1.82) is 0 Å². The monoisotopic (exact) mass is 219 g/mol. The van der Waals surface area contributed by atoms with Gasteiger partial charge in [0.25, 0.3) is 0 Å². The number of halogens is 2. The molecule has 0 fully saturated rings. The van der Waals surface area contributed by atoms with Gasteiger partial charge in [0.2, 0.25) is 0 Å². The molecule has 3 N–H and O–H groups in total. The Morgan fingerprint density at radius 3 is 2.79 bits per heavy atom. The van der Waals surface area contributed by atoms with Crippen LogP contribution >= 0.6 is 11.6 Å². The van der Waals surface area contributed by atoms with Crippen molar-refractivity contribution in [2.75, 3.05) is 13.7 Å². The number of rotatable bonds is 3. The van der Waals surface area contributed by atoms with E-state index in [-0.39, 0.29) is 17.4 Å². The second-order valence-electron chi connectivity index (χ2n) is 2.81. The normalized spacial score (nSPS) is 12.6. The van der Waals surface area contributed by atoms with Crippen LogP contribution in [0.4, 0.5) is 4.39 Å². The highest BCUT2D eigenvalue weighted by Crippen LogP contribution is 2.30. The van der Waals surface area contributed by atoms with Crippen LogP contribution in [0.5, 0.6) is 5.75 Å². The van der Waals surface area contributed by atoms with E-state index >= 15 is 0 Å². The first kappa shape index (κ1) is 11.2. The first-order chi connectivity index (χ1) is 6.60. The van der Waals surface area contributed by atoms with Gasteiger partial charge in [0, 0.05) is 0 Å². The van der Waals surface area contributed by atoms with Crippen LogP contribution in [0.2, 0.25) is 5.02 Å². The Morgan fingerprint density at radius 1 is 1.64 bits per heavy atom. The molecular formula is C9H11ClFNO2. The summed E-state index contributed by atoms with van der Waals surface area (Å²) in [4.78, 5) is 0. The van der Waals surface area contributed by atoms with Crippen molar-refractivity contribution < 1.29 is 14.2 Å². The maximum atomic E-state index is 13.2. The number of hydrogen-bond donors (Lipinski definition) is 2. The number of nitrogens with two attached hydrogens (primary N) is 1. The minimum atomic E-state index is -0.629. The van der Waals surface area contributed by atoms with Crippen molar-refractivity contribution in [3.05, 3.63) is 28.5 Å². The number of aliphatic hydroxyl groups excluding tert-OH is 1. The molecule has 1 aromatic rings. The molecule has 3 nitrogen and oxygen atoms in total. The first-order valence-electron chi connectivity index (χ1n) is 3.99. The molecule has 0 amide bonds. The summed E-state index contributed by atoms with van der Waals surface area (Å²) < 4.78 is 18.0. The summed E-state index contributed by atoms with van der Waals surface area (Å²) in [6, 6.07) is 2.06. The van der Waals surface area contributed by atoms with Gasteiger partial charge in [-0.15, -0.1) is 0 Å². The summed E-state index contributed by atoms with van der Waals surface area (Å²) in [6.07, 6.45) is 0. The van der Waals surface area contributed by atoms with Crippen molar-refractivity contribution in [2.24, 2.45) is 5.73 Å². The molecule has 5 heteroatoms. The standard InChI is InChI=1S/C9H11ClFNO2/c1-14-8-3-5(7(12)4-13)2-6(11)9(8)10/h2-3,7,13H,4,12H2,1H3. The smallest absolute Gasteiger partial charge is 0.145 e. The zero-order valence-corrected chi connectivity index (χ0v) is 8.38. The van der Waals surface area contributed by atoms with E-state index in [1.165, 1.54) is 19.2 Å². The molecule has 0 heterocycles. The second kappa shape index (κ2) is 4.59. The number of hydrogen-bond acceptors (Lipinski definition) is 3. The van der Waals surface area contributed by atoms with E-state index in [9.17, 15) is 4.39 Å². The molecule has 0 aromatic heterocycles. The molecule has 0 spiro atoms. The summed E-state index contributed by atoms with van der Waals surface area (Å²) in [6.45, 7) is -0.260. The van der Waals surface area contributed by atoms with Crippen molar-refractivity contribution in [2.45, 2.75) is 6.04 Å². The Morgan fingerprint density at radius 2 is 2.29 bits per heavy atom. The highest BCUT2D eigenvalue weighted by atomic mass is 35.5. The molecule has 0 radical (unpaired) electrons. The predicted molar refractivity (Wildman–Crippen MR) is 52.0 cm³/mol. The van der Waals surface area contributed by atoms with Gasteiger partial charge in [-0.3, -0.25) is 0 Å². The molecule has 1 unspecified atom stereocenters. The molecule has 1 atom stereocenters. The fourth-order valence-corrected chi connectivity index (χ4v) is 1.24. The minimum absolute atomic E-state index is 0.0820. The van der Waals surface area contributed by atoms with E-state index in [0.717, 1.165) is 0 Å². The molecule has 0 saturated carbocycles. The van der Waals surface area contributed by atoms with Crippen LogP contribution in [0, 0.1) is 5.82 Å². The molecule has 1 rings (SSSR count). The topological polar surface area (TPSA) is 55.5 Å². The number of methoxy groups -OCH3 is 1. The van der Waals surface area contributed by atoms with E-state index in [2.05, 4.69) is 0 Å². The molecule has 0 aliphatic heterocycles. The SMILES string of the molecule is COc1cc(C(N)CO)cc(F)c1Cl. The Bertz CT molecular complexity index is 333. The Balaban J connectivity index is 3.16. The van der Waals surface area contributed by atoms with Crippen LogP contribution in [0.15, 0.2) is 12.1 Å². The van der Waals surface area contributed by atoms with Crippen molar-refractivity contribution >= 4 is 11.6 Å². The van der Waals surface area contributed by atoms with E-state index in [1.54, 1.807) is 0 Å². The van der Waals surface area contributed by atoms with Gasteiger partial charge in [0.15, 0.2) is 0 Å². The zero-order chi connectivity index (χ0) is 10.7. The van der Waals surface area contributed by atoms with Crippen LogP contribution in [0.1, 0.15) is 11.6 Å². The Hall–Kier alpha value is -0.840. The lowest BCUT2D eigenvalue weighted by molar-refractivity contribution is 0.267. The predicted octanol–water partition coefficient (Wildman–Crippen LogP) is 1.48. The zero-order valence-electron chi connectivity index (χ0n) is 7.63. The lowest BCUT2D eigenvalue weighted by Gasteiger charge is -2.11. The fraction of sp³-hybridized carbons (Fsp3) is 0.333. The molecule has 0 aliphatic carbocycles. The van der Waals surface area contributed by atoms with Crippen LogP contribution in [0.25, 0.3) is 0 Å². The number of benzene rings is 1. The second-order valence-corrected chi connectivity index (χ2v) is 3.19. The summed E-state index contributed by atoms with van der Waals surface area (Å²) in [5.74, 6) is -0.393. The average molecular weight is 220 g/mol. The lowest BCUT2D eigenvalue weighted by Crippen LogP contribution is -2.14. The molecule has 0 bridgehead atoms. The molecule has 0 saturated heterocycles. The van der Waals surface area contributed by atoms with Gasteiger partial charge in [0.1, 0.15) is 16.6 Å². The first-order valence-corrected chi connectivity index (χ1v) is 4.37. The minimum Gasteiger partial charge on any atom is -0.495 e. The van der Waals surface area contributed by atoms with E-state index in [1.807, 2.05) is 0 Å². The van der Waals surface area contributed by atoms with Gasteiger partial charge >= 0.3 is 0 Å². The molecule has 1 aromatic carbocycles. The molecule has 0 aliphatic rings. The quantitative estimate of drug-likeness (QED) is 0.810. The highest BCUT2D eigenvalue weighted by Gasteiger charge is 2.13. The van der Waals surface area contributed by atoms with E-state index < -0.39 is 11.9 Å². The van der Waals surface area contributed by atoms with E-state index in [4.69, 9.17) is 27.2 Å². The Kier molecular flexibility index (Phi) is 3.69. The van der Waals surface area contributed by atoms with Gasteiger partial charge in [-0.25, -0.2) is 4.39 Å². The summed E-state index contributed by atoms with van der Waals surface area (Å²) in [5.41, 5.74) is 5.97. The number of ether oxygens (including phenoxy) is 1. The summed E-state index contributed by atoms with van der Waals surface area (Å²) in [7, 11) is 1.38. The van der Waals surface area contributed by atoms with Gasteiger partial charge in [-0.05, 0) is 17.7 Å². The third-order valence-corrected chi connectivity index (χ3v) is 2.23. The summed E-state index contributed by atoms with van der Waals surface area (Å²) >= 11 is 5.61. The van der Waals surface area contributed by atoms with Crippen LogP contribution in [-0.2, 0) is 0 Å². The highest BCUT2D eigenvalue weighted by molar-refractivity contribution is 6.32. The van der Waals surface area contributed by atoms with Gasteiger partial charge < -0.3 is 15.6 Å². The van der Waals surface area contributed by atoms with Gasteiger partial charge in [-0.2, -0.15) is 0 Å². The van der Waals surface area contributed by atoms with Crippen molar-refractivity contribution in [3.63, 3.8) is 0 Å². The van der Waals surface area contributed by atoms with Gasteiger partial charge in [0.05, 0.1) is 19.8 Å². The summed E-state index contributed by atoms with van der Waals surface area (Å²) in [5, 5.41) is 8.71. The fourth-order valence-electron chi connectivity index (χ4n) is 1.05. The van der Waals surface area contributed by atoms with E-state index in [0.29, 0.717) is 5.56 Å². The van der Waals surface area contributed by atoms with Crippen LogP contribution in [0.3, 0.4) is 0 Å². The Labute approximate surface area is 86.2 Å². The third kappa shape index (κ3) is 2.15. The average Bonchev–Trinajstić information content (AvgIpc) is 2.20. The maximum Gasteiger partial charge on any atom is 0.145 e. The van der Waals surface area contributed by atoms with Gasteiger partial charge in [-0.1, -0.05) is 11.6 Å². The largest absolute Gasteiger partial charge is 0.495 e. The third-order valence-electron chi connectivity index (χ3n) is 1.86. The van der Waals surface area contributed by atoms with Crippen molar-refractivity contribution in [3.8, 4) is 5.75 Å². The lowest BCUT2D eigenvalue weighted by atomic mass is 10.1. The molecule has 14 heavy (non-hydrogen) atoms. The molecular weight excluding hydrogens is 209 g/mol. The van der Waals surface area contributed by atoms with Crippen LogP contribution < -0.4 is 10.5 Å².